The predicted molar refractivity (Wildman–Crippen MR) is 116 cm³/mol. The third kappa shape index (κ3) is 5.79. The van der Waals surface area contributed by atoms with E-state index in [-0.39, 0.29) is 17.6 Å². The SMILES string of the molecule is Cc1cc(C)nc(SCC(=O)Nc2ccccc2C(=O)N2C[C@H](C)C[C@@H](C)C2)n1. The molecule has 0 radical (unpaired) electrons. The van der Waals surface area contributed by atoms with Gasteiger partial charge in [-0.1, -0.05) is 37.7 Å². The Morgan fingerprint density at radius 3 is 2.38 bits per heavy atom. The molecule has 2 atom stereocenters. The molecule has 0 aliphatic carbocycles. The fraction of sp³-hybridized carbons (Fsp3) is 0.455. The highest BCUT2D eigenvalue weighted by atomic mass is 32.2. The molecule has 2 aromatic rings. The zero-order valence-corrected chi connectivity index (χ0v) is 18.3. The van der Waals surface area contributed by atoms with Gasteiger partial charge in [0.05, 0.1) is 17.0 Å². The van der Waals surface area contributed by atoms with E-state index in [9.17, 15) is 9.59 Å². The summed E-state index contributed by atoms with van der Waals surface area (Å²) < 4.78 is 0. The van der Waals surface area contributed by atoms with Gasteiger partial charge in [0, 0.05) is 24.5 Å². The van der Waals surface area contributed by atoms with Crippen LogP contribution in [-0.2, 0) is 4.79 Å². The summed E-state index contributed by atoms with van der Waals surface area (Å²) in [5.74, 6) is 0.948. The van der Waals surface area contributed by atoms with Gasteiger partial charge in [-0.2, -0.15) is 0 Å². The van der Waals surface area contributed by atoms with Gasteiger partial charge >= 0.3 is 0 Å². The summed E-state index contributed by atoms with van der Waals surface area (Å²) in [5.41, 5.74) is 2.84. The number of hydrogen-bond donors (Lipinski definition) is 1. The summed E-state index contributed by atoms with van der Waals surface area (Å²) in [6, 6.07) is 9.11. The molecular weight excluding hydrogens is 384 g/mol. The fourth-order valence-corrected chi connectivity index (χ4v) is 4.60. The van der Waals surface area contributed by atoms with Crippen molar-refractivity contribution in [1.29, 1.82) is 0 Å². The molecule has 3 rings (SSSR count). The number of para-hydroxylation sites is 1. The van der Waals surface area contributed by atoms with Crippen molar-refractivity contribution in [3.8, 4) is 0 Å². The number of carbonyl (C=O) groups is 2. The molecule has 0 bridgehead atoms. The first-order valence-corrected chi connectivity index (χ1v) is 10.9. The zero-order valence-electron chi connectivity index (χ0n) is 17.4. The van der Waals surface area contributed by atoms with Gasteiger partial charge in [-0.25, -0.2) is 9.97 Å². The normalized spacial score (nSPS) is 19.1. The summed E-state index contributed by atoms with van der Waals surface area (Å²) in [4.78, 5) is 36.2. The van der Waals surface area contributed by atoms with Gasteiger partial charge in [0.15, 0.2) is 5.16 Å². The lowest BCUT2D eigenvalue weighted by atomic mass is 9.91. The minimum atomic E-state index is -0.182. The lowest BCUT2D eigenvalue weighted by Gasteiger charge is -2.35. The Balaban J connectivity index is 1.66. The van der Waals surface area contributed by atoms with Crippen LogP contribution in [0.5, 0.6) is 0 Å². The van der Waals surface area contributed by atoms with Crippen molar-refractivity contribution in [2.24, 2.45) is 11.8 Å². The van der Waals surface area contributed by atoms with Gasteiger partial charge in [-0.15, -0.1) is 0 Å². The maximum atomic E-state index is 13.1. The van der Waals surface area contributed by atoms with Crippen molar-refractivity contribution in [3.05, 3.63) is 47.3 Å². The van der Waals surface area contributed by atoms with Crippen LogP contribution in [0.1, 0.15) is 42.0 Å². The molecule has 1 aromatic carbocycles. The van der Waals surface area contributed by atoms with Gasteiger partial charge in [0.25, 0.3) is 5.91 Å². The molecule has 2 heterocycles. The Morgan fingerprint density at radius 1 is 1.10 bits per heavy atom. The largest absolute Gasteiger partial charge is 0.338 e. The minimum Gasteiger partial charge on any atom is -0.338 e. The maximum absolute atomic E-state index is 13.1. The van der Waals surface area contributed by atoms with Crippen molar-refractivity contribution in [1.82, 2.24) is 14.9 Å². The van der Waals surface area contributed by atoms with Crippen molar-refractivity contribution in [2.75, 3.05) is 24.2 Å². The molecule has 0 spiro atoms. The monoisotopic (exact) mass is 412 g/mol. The highest BCUT2D eigenvalue weighted by Gasteiger charge is 2.27. The van der Waals surface area contributed by atoms with Crippen molar-refractivity contribution < 1.29 is 9.59 Å². The molecule has 1 saturated heterocycles. The Morgan fingerprint density at radius 2 is 1.72 bits per heavy atom. The van der Waals surface area contributed by atoms with Crippen LogP contribution in [0.3, 0.4) is 0 Å². The predicted octanol–water partition coefficient (Wildman–Crippen LogP) is 3.94. The number of hydrogen-bond acceptors (Lipinski definition) is 5. The third-order valence-electron chi connectivity index (χ3n) is 4.88. The van der Waals surface area contributed by atoms with Crippen LogP contribution in [0.25, 0.3) is 0 Å². The Hall–Kier alpha value is -2.41. The summed E-state index contributed by atoms with van der Waals surface area (Å²) >= 11 is 1.29. The van der Waals surface area contributed by atoms with E-state index in [0.717, 1.165) is 30.9 Å². The molecule has 1 aromatic heterocycles. The fourth-order valence-electron chi connectivity index (χ4n) is 3.85. The number of piperidine rings is 1. The van der Waals surface area contributed by atoms with Gasteiger partial charge in [-0.05, 0) is 50.3 Å². The molecule has 1 fully saturated rings. The first kappa shape index (κ1) is 21.3. The lowest BCUT2D eigenvalue weighted by Crippen LogP contribution is -2.42. The van der Waals surface area contributed by atoms with E-state index in [4.69, 9.17) is 0 Å². The van der Waals surface area contributed by atoms with Gasteiger partial charge in [-0.3, -0.25) is 9.59 Å². The third-order valence-corrected chi connectivity index (χ3v) is 5.73. The highest BCUT2D eigenvalue weighted by molar-refractivity contribution is 7.99. The van der Waals surface area contributed by atoms with E-state index < -0.39 is 0 Å². The van der Waals surface area contributed by atoms with Gasteiger partial charge in [0.1, 0.15) is 0 Å². The average molecular weight is 413 g/mol. The summed E-state index contributed by atoms with van der Waals surface area (Å²) in [6.07, 6.45) is 1.14. The topological polar surface area (TPSA) is 75.2 Å². The number of amides is 2. The van der Waals surface area contributed by atoms with Crippen molar-refractivity contribution in [2.45, 2.75) is 39.3 Å². The van der Waals surface area contributed by atoms with Crippen LogP contribution in [0.4, 0.5) is 5.69 Å². The van der Waals surface area contributed by atoms with Crippen LogP contribution in [0.2, 0.25) is 0 Å². The second-order valence-electron chi connectivity index (χ2n) is 7.97. The van der Waals surface area contributed by atoms with E-state index in [2.05, 4.69) is 29.1 Å². The number of thioether (sulfide) groups is 1. The molecule has 6 nitrogen and oxygen atoms in total. The quantitative estimate of drug-likeness (QED) is 0.595. The number of benzene rings is 1. The standard InChI is InChI=1S/C22H28N4O2S/c1-14-9-15(2)12-26(11-14)21(28)18-7-5-6-8-19(18)25-20(27)13-29-22-23-16(3)10-17(4)24-22/h5-8,10,14-15H,9,11-13H2,1-4H3,(H,25,27)/t14-,15-/m1/s1. The van der Waals surface area contributed by atoms with Crippen LogP contribution >= 0.6 is 11.8 Å². The number of anilines is 1. The number of nitrogens with zero attached hydrogens (tertiary/aromatic N) is 3. The molecule has 7 heteroatoms. The summed E-state index contributed by atoms with van der Waals surface area (Å²) in [5, 5.41) is 3.47. The van der Waals surface area contributed by atoms with Crippen molar-refractivity contribution >= 4 is 29.3 Å². The highest BCUT2D eigenvalue weighted by Crippen LogP contribution is 2.25. The number of aryl methyl sites for hydroxylation is 2. The smallest absolute Gasteiger partial charge is 0.255 e. The average Bonchev–Trinajstić information content (AvgIpc) is 2.65. The molecule has 0 saturated carbocycles. The van der Waals surface area contributed by atoms with E-state index in [1.54, 1.807) is 12.1 Å². The number of rotatable bonds is 5. The number of nitrogens with one attached hydrogen (secondary N) is 1. The lowest BCUT2D eigenvalue weighted by molar-refractivity contribution is -0.113. The maximum Gasteiger partial charge on any atom is 0.255 e. The number of likely N-dealkylation sites (tertiary alicyclic amines) is 1. The molecule has 0 unspecified atom stereocenters. The Labute approximate surface area is 176 Å². The minimum absolute atomic E-state index is 0.0235. The first-order chi connectivity index (χ1) is 13.8. The van der Waals surface area contributed by atoms with Crippen molar-refractivity contribution in [3.63, 3.8) is 0 Å². The zero-order chi connectivity index (χ0) is 21.0. The molecular formula is C22H28N4O2S. The van der Waals surface area contributed by atoms with E-state index in [0.29, 0.717) is 28.2 Å². The van der Waals surface area contributed by atoms with Crippen LogP contribution in [0.15, 0.2) is 35.5 Å². The van der Waals surface area contributed by atoms with E-state index in [1.807, 2.05) is 36.9 Å². The van der Waals surface area contributed by atoms with Gasteiger partial charge in [0.2, 0.25) is 5.91 Å². The van der Waals surface area contributed by atoms with Crippen LogP contribution in [-0.4, -0.2) is 45.5 Å². The second kappa shape index (κ2) is 9.39. The van der Waals surface area contributed by atoms with E-state index >= 15 is 0 Å². The first-order valence-electron chi connectivity index (χ1n) is 9.95. The number of carbonyl (C=O) groups excluding carboxylic acids is 2. The summed E-state index contributed by atoms with van der Waals surface area (Å²) in [6.45, 7) is 9.68. The molecule has 1 aliphatic rings. The molecule has 2 amide bonds. The molecule has 1 N–H and O–H groups in total. The summed E-state index contributed by atoms with van der Waals surface area (Å²) in [7, 11) is 0. The van der Waals surface area contributed by atoms with E-state index in [1.165, 1.54) is 11.8 Å². The Bertz CT molecular complexity index is 872. The number of aromatic nitrogens is 2. The van der Waals surface area contributed by atoms with Gasteiger partial charge < -0.3 is 10.2 Å². The second-order valence-corrected chi connectivity index (χ2v) is 8.91. The molecule has 154 valence electrons. The Kier molecular flexibility index (Phi) is 6.90. The van der Waals surface area contributed by atoms with Crippen LogP contribution in [0, 0.1) is 25.7 Å². The molecule has 1 aliphatic heterocycles. The molecule has 29 heavy (non-hydrogen) atoms. The van der Waals surface area contributed by atoms with Crippen LogP contribution < -0.4 is 5.32 Å².